The van der Waals surface area contributed by atoms with Gasteiger partial charge in [-0.1, -0.05) is 43.2 Å². The summed E-state index contributed by atoms with van der Waals surface area (Å²) in [6.07, 6.45) is 2.44. The number of hydrogen-bond acceptors (Lipinski definition) is 5. The van der Waals surface area contributed by atoms with Gasteiger partial charge in [-0.2, -0.15) is 0 Å². The monoisotopic (exact) mass is 396 g/mol. The highest BCUT2D eigenvalue weighted by Crippen LogP contribution is 2.35. The van der Waals surface area contributed by atoms with E-state index in [-0.39, 0.29) is 0 Å². The van der Waals surface area contributed by atoms with Crippen molar-refractivity contribution >= 4 is 11.9 Å². The summed E-state index contributed by atoms with van der Waals surface area (Å²) in [4.78, 5) is 26.2. The summed E-state index contributed by atoms with van der Waals surface area (Å²) in [5.74, 6) is -0.709. The quantitative estimate of drug-likeness (QED) is 0.766. The van der Waals surface area contributed by atoms with Gasteiger partial charge in [0.25, 0.3) is 0 Å². The first-order valence-electron chi connectivity index (χ1n) is 10.4. The molecule has 1 aliphatic heterocycles. The first-order chi connectivity index (χ1) is 13.8. The van der Waals surface area contributed by atoms with Crippen molar-refractivity contribution in [3.8, 4) is 11.3 Å². The number of benzene rings is 1. The molecule has 29 heavy (non-hydrogen) atoms. The van der Waals surface area contributed by atoms with Gasteiger partial charge in [-0.15, -0.1) is 0 Å². The molecular formula is C23H32N4O2. The summed E-state index contributed by atoms with van der Waals surface area (Å²) in [5, 5.41) is 9.90. The molecule has 0 amide bonds. The highest BCUT2D eigenvalue weighted by molar-refractivity contribution is 5.81. The molecule has 3 rings (SSSR count). The molecule has 1 unspecified atom stereocenters. The molecule has 1 N–H and O–H groups in total. The van der Waals surface area contributed by atoms with Crippen LogP contribution in [0.3, 0.4) is 0 Å². The number of rotatable bonds is 7. The van der Waals surface area contributed by atoms with Gasteiger partial charge in [0.15, 0.2) is 0 Å². The smallest absolute Gasteiger partial charge is 0.311 e. The van der Waals surface area contributed by atoms with E-state index in [1.165, 1.54) is 0 Å². The average molecular weight is 397 g/mol. The molecule has 6 nitrogen and oxygen atoms in total. The van der Waals surface area contributed by atoms with E-state index in [1.807, 2.05) is 45.0 Å². The standard InChI is InChI=1S/C23H32N4O2/c1-6-7-19(22(28)29)20-16(3)24-23(27-13-12-18(14-27)26(4)5)25-21(20)17-10-8-15(2)9-11-17/h8-11,18-19H,6-7,12-14H2,1-5H3,(H,28,29)/t18-,19?/m0/s1. The van der Waals surface area contributed by atoms with Crippen molar-refractivity contribution in [1.82, 2.24) is 14.9 Å². The highest BCUT2D eigenvalue weighted by atomic mass is 16.4. The zero-order valence-corrected chi connectivity index (χ0v) is 18.1. The van der Waals surface area contributed by atoms with Crippen molar-refractivity contribution in [1.29, 1.82) is 0 Å². The van der Waals surface area contributed by atoms with Gasteiger partial charge >= 0.3 is 5.97 Å². The predicted molar refractivity (Wildman–Crippen MR) is 117 cm³/mol. The Hall–Kier alpha value is -2.47. The number of carboxylic acid groups (broad SMARTS) is 1. The average Bonchev–Trinajstić information content (AvgIpc) is 3.17. The van der Waals surface area contributed by atoms with Crippen LogP contribution < -0.4 is 4.90 Å². The number of anilines is 1. The van der Waals surface area contributed by atoms with Gasteiger partial charge in [-0.25, -0.2) is 9.97 Å². The molecule has 2 atom stereocenters. The van der Waals surface area contributed by atoms with Crippen LogP contribution >= 0.6 is 0 Å². The van der Waals surface area contributed by atoms with Gasteiger partial charge in [0.2, 0.25) is 5.95 Å². The molecule has 0 saturated carbocycles. The van der Waals surface area contributed by atoms with Crippen molar-refractivity contribution < 1.29 is 9.90 Å². The zero-order chi connectivity index (χ0) is 21.1. The van der Waals surface area contributed by atoms with Crippen molar-refractivity contribution in [3.05, 3.63) is 41.1 Å². The number of nitrogens with zero attached hydrogens (tertiary/aromatic N) is 4. The maximum absolute atomic E-state index is 12.1. The van der Waals surface area contributed by atoms with E-state index in [1.54, 1.807) is 0 Å². The van der Waals surface area contributed by atoms with Gasteiger partial charge in [0.1, 0.15) is 0 Å². The summed E-state index contributed by atoms with van der Waals surface area (Å²) < 4.78 is 0. The first kappa shape index (κ1) is 21.2. The Bertz CT molecular complexity index is 864. The first-order valence-corrected chi connectivity index (χ1v) is 10.4. The van der Waals surface area contributed by atoms with Crippen LogP contribution in [-0.2, 0) is 4.79 Å². The zero-order valence-electron chi connectivity index (χ0n) is 18.1. The van der Waals surface area contributed by atoms with Crippen molar-refractivity contribution in [2.75, 3.05) is 32.1 Å². The Kier molecular flexibility index (Phi) is 6.52. The van der Waals surface area contributed by atoms with Gasteiger partial charge < -0.3 is 14.9 Å². The SMILES string of the molecule is CCCC(C(=O)O)c1c(C)nc(N2CC[C@H](N(C)C)C2)nc1-c1ccc(C)cc1. The van der Waals surface area contributed by atoms with Crippen molar-refractivity contribution in [3.63, 3.8) is 0 Å². The Morgan fingerprint density at radius 3 is 2.48 bits per heavy atom. The fourth-order valence-electron chi connectivity index (χ4n) is 4.08. The van der Waals surface area contributed by atoms with E-state index < -0.39 is 11.9 Å². The number of aromatic nitrogens is 2. The van der Waals surface area contributed by atoms with Crippen LogP contribution in [0.2, 0.25) is 0 Å². The third kappa shape index (κ3) is 4.58. The maximum atomic E-state index is 12.1. The van der Waals surface area contributed by atoms with Gasteiger partial charge in [-0.05, 0) is 40.8 Å². The predicted octanol–water partition coefficient (Wildman–Crippen LogP) is 3.87. The Morgan fingerprint density at radius 1 is 1.24 bits per heavy atom. The van der Waals surface area contributed by atoms with Crippen LogP contribution in [-0.4, -0.2) is 59.2 Å². The molecule has 156 valence electrons. The van der Waals surface area contributed by atoms with E-state index in [4.69, 9.17) is 9.97 Å². The molecule has 0 aliphatic carbocycles. The molecule has 0 bridgehead atoms. The van der Waals surface area contributed by atoms with Crippen LogP contribution in [0.1, 0.15) is 48.9 Å². The Morgan fingerprint density at radius 2 is 1.93 bits per heavy atom. The van der Waals surface area contributed by atoms with Crippen LogP contribution in [0.4, 0.5) is 5.95 Å². The van der Waals surface area contributed by atoms with E-state index in [2.05, 4.69) is 23.9 Å². The van der Waals surface area contributed by atoms with Crippen LogP contribution in [0.15, 0.2) is 24.3 Å². The van der Waals surface area contributed by atoms with Gasteiger partial charge in [-0.3, -0.25) is 4.79 Å². The van der Waals surface area contributed by atoms with Gasteiger partial charge in [0, 0.05) is 36.0 Å². The molecule has 0 radical (unpaired) electrons. The number of likely N-dealkylation sites (N-methyl/N-ethyl adjacent to an activating group) is 1. The minimum atomic E-state index is -0.812. The highest BCUT2D eigenvalue weighted by Gasteiger charge is 2.30. The topological polar surface area (TPSA) is 69.6 Å². The van der Waals surface area contributed by atoms with Crippen LogP contribution in [0.5, 0.6) is 0 Å². The molecule has 6 heteroatoms. The summed E-state index contributed by atoms with van der Waals surface area (Å²) in [5.41, 5.74) is 4.37. The number of aliphatic carboxylic acids is 1. The lowest BCUT2D eigenvalue weighted by atomic mass is 9.89. The summed E-state index contributed by atoms with van der Waals surface area (Å²) in [6.45, 7) is 7.77. The fourth-order valence-corrected chi connectivity index (χ4v) is 4.08. The lowest BCUT2D eigenvalue weighted by molar-refractivity contribution is -0.139. The minimum Gasteiger partial charge on any atom is -0.481 e. The van der Waals surface area contributed by atoms with E-state index >= 15 is 0 Å². The third-order valence-electron chi connectivity index (χ3n) is 5.85. The molecule has 0 spiro atoms. The van der Waals surface area contributed by atoms with Crippen LogP contribution in [0, 0.1) is 13.8 Å². The second-order valence-corrected chi connectivity index (χ2v) is 8.27. The molecule has 1 aromatic carbocycles. The maximum Gasteiger partial charge on any atom is 0.311 e. The normalized spacial score (nSPS) is 17.7. The van der Waals surface area contributed by atoms with Crippen molar-refractivity contribution in [2.24, 2.45) is 0 Å². The van der Waals surface area contributed by atoms with Gasteiger partial charge in [0.05, 0.1) is 11.6 Å². The molecular weight excluding hydrogens is 364 g/mol. The van der Waals surface area contributed by atoms with Crippen molar-refractivity contribution in [2.45, 2.75) is 52.0 Å². The number of carbonyl (C=O) groups is 1. The number of aryl methyl sites for hydroxylation is 2. The summed E-state index contributed by atoms with van der Waals surface area (Å²) >= 11 is 0. The Balaban J connectivity index is 2.11. The molecule has 1 fully saturated rings. The lowest BCUT2D eigenvalue weighted by Crippen LogP contribution is -2.32. The van der Waals surface area contributed by atoms with Crippen LogP contribution in [0.25, 0.3) is 11.3 Å². The molecule has 1 aromatic heterocycles. The largest absolute Gasteiger partial charge is 0.481 e. The Labute approximate surface area is 173 Å². The van der Waals surface area contributed by atoms with E-state index in [0.717, 1.165) is 54.0 Å². The summed E-state index contributed by atoms with van der Waals surface area (Å²) in [6, 6.07) is 8.63. The molecule has 1 saturated heterocycles. The molecule has 2 heterocycles. The van der Waals surface area contributed by atoms with E-state index in [9.17, 15) is 9.90 Å². The fraction of sp³-hybridized carbons (Fsp3) is 0.522. The third-order valence-corrected chi connectivity index (χ3v) is 5.85. The molecule has 1 aliphatic rings. The lowest BCUT2D eigenvalue weighted by Gasteiger charge is -2.24. The number of carboxylic acids is 1. The second kappa shape index (κ2) is 8.91. The second-order valence-electron chi connectivity index (χ2n) is 8.27. The minimum absolute atomic E-state index is 0.480. The molecule has 2 aromatic rings. The van der Waals surface area contributed by atoms with E-state index in [0.29, 0.717) is 18.4 Å². The summed E-state index contributed by atoms with van der Waals surface area (Å²) in [7, 11) is 4.20. The number of hydrogen-bond donors (Lipinski definition) is 1.